The van der Waals surface area contributed by atoms with Crippen molar-refractivity contribution in [2.24, 2.45) is 0 Å². The van der Waals surface area contributed by atoms with Crippen LogP contribution in [0.15, 0.2) is 35.7 Å². The van der Waals surface area contributed by atoms with Gasteiger partial charge in [0, 0.05) is 36.8 Å². The number of benzene rings is 1. The van der Waals surface area contributed by atoms with Gasteiger partial charge in [-0.05, 0) is 23.9 Å². The van der Waals surface area contributed by atoms with Crippen LogP contribution in [0, 0.1) is 0 Å². The maximum atomic E-state index is 12.7. The fraction of sp³-hybridized carbons (Fsp3) is 0.333. The third kappa shape index (κ3) is 3.25. The summed E-state index contributed by atoms with van der Waals surface area (Å²) in [4.78, 5) is 18.9. The van der Waals surface area contributed by atoms with Crippen molar-refractivity contribution >= 4 is 33.4 Å². The first-order valence-corrected chi connectivity index (χ1v) is 9.19. The number of hydrogen-bond acceptors (Lipinski definition) is 4. The third-order valence-corrected chi connectivity index (χ3v) is 5.21. The number of carbonyl (C=O) groups excluding carboxylic acids is 1. The molecule has 25 heavy (non-hydrogen) atoms. The fourth-order valence-electron chi connectivity index (χ4n) is 3.28. The minimum Gasteiger partial charge on any atom is -0.378 e. The number of anilines is 1. The first-order chi connectivity index (χ1) is 12.2. The Morgan fingerprint density at radius 2 is 2.24 bits per heavy atom. The maximum Gasteiger partial charge on any atom is 0.323 e. The van der Waals surface area contributed by atoms with Gasteiger partial charge in [-0.3, -0.25) is 5.32 Å². The molecule has 3 aromatic rings. The lowest BCUT2D eigenvalue weighted by molar-refractivity contribution is 0.182. The summed E-state index contributed by atoms with van der Waals surface area (Å²) in [5.41, 5.74) is 3.25. The molecular weight excluding hydrogens is 336 g/mol. The molecule has 3 heterocycles. The number of carbonyl (C=O) groups is 1. The van der Waals surface area contributed by atoms with Crippen molar-refractivity contribution in [1.82, 2.24) is 14.5 Å². The van der Waals surface area contributed by atoms with Gasteiger partial charge in [0.15, 0.2) is 5.13 Å². The van der Waals surface area contributed by atoms with Gasteiger partial charge in [-0.15, -0.1) is 11.3 Å². The summed E-state index contributed by atoms with van der Waals surface area (Å²) in [7, 11) is 1.63. The molecule has 4 rings (SSSR count). The molecule has 7 heteroatoms. The van der Waals surface area contributed by atoms with E-state index in [0.717, 1.165) is 25.2 Å². The number of hydrogen-bond donors (Lipinski definition) is 1. The molecule has 0 radical (unpaired) electrons. The Balaban J connectivity index is 1.51. The summed E-state index contributed by atoms with van der Waals surface area (Å²) in [5.74, 6) is 0. The van der Waals surface area contributed by atoms with E-state index in [-0.39, 0.29) is 6.03 Å². The van der Waals surface area contributed by atoms with Crippen LogP contribution in [0.25, 0.3) is 10.9 Å². The zero-order valence-corrected chi connectivity index (χ0v) is 14.9. The average molecular weight is 356 g/mol. The summed E-state index contributed by atoms with van der Waals surface area (Å²) in [5, 5.41) is 6.65. The van der Waals surface area contributed by atoms with E-state index in [1.165, 1.54) is 27.9 Å². The van der Waals surface area contributed by atoms with E-state index in [4.69, 9.17) is 4.74 Å². The molecular formula is C18H20N4O2S. The monoisotopic (exact) mass is 356 g/mol. The van der Waals surface area contributed by atoms with Gasteiger partial charge in [-0.25, -0.2) is 9.78 Å². The second-order valence-corrected chi connectivity index (χ2v) is 6.99. The van der Waals surface area contributed by atoms with E-state index in [1.54, 1.807) is 7.11 Å². The van der Waals surface area contributed by atoms with E-state index in [1.807, 2.05) is 16.3 Å². The number of urea groups is 1. The van der Waals surface area contributed by atoms with Crippen molar-refractivity contribution in [3.05, 3.63) is 47.1 Å². The number of rotatable bonds is 3. The molecule has 0 bridgehead atoms. The number of nitrogens with zero attached hydrogens (tertiary/aromatic N) is 3. The summed E-state index contributed by atoms with van der Waals surface area (Å²) in [6, 6.07) is 10.5. The first kappa shape index (κ1) is 16.1. The normalized spacial score (nSPS) is 14.4. The van der Waals surface area contributed by atoms with Crippen LogP contribution in [0.3, 0.4) is 0 Å². The van der Waals surface area contributed by atoms with E-state index in [2.05, 4.69) is 39.1 Å². The summed E-state index contributed by atoms with van der Waals surface area (Å²) in [6.45, 7) is 2.73. The largest absolute Gasteiger partial charge is 0.378 e. The lowest BCUT2D eigenvalue weighted by atomic mass is 10.2. The van der Waals surface area contributed by atoms with Gasteiger partial charge in [0.1, 0.15) is 0 Å². The topological polar surface area (TPSA) is 59.4 Å². The van der Waals surface area contributed by atoms with Gasteiger partial charge in [-0.2, -0.15) is 0 Å². The summed E-state index contributed by atoms with van der Waals surface area (Å²) < 4.78 is 7.39. The first-order valence-electron chi connectivity index (χ1n) is 8.31. The quantitative estimate of drug-likeness (QED) is 0.779. The van der Waals surface area contributed by atoms with E-state index in [0.29, 0.717) is 18.3 Å². The Labute approximate surface area is 150 Å². The predicted molar refractivity (Wildman–Crippen MR) is 98.8 cm³/mol. The van der Waals surface area contributed by atoms with Crippen LogP contribution < -0.4 is 5.32 Å². The third-order valence-electron chi connectivity index (χ3n) is 4.40. The molecule has 0 saturated carbocycles. The number of methoxy groups -OCH3 is 1. The zero-order valence-electron chi connectivity index (χ0n) is 14.1. The van der Waals surface area contributed by atoms with Gasteiger partial charge < -0.3 is 14.2 Å². The lowest BCUT2D eigenvalue weighted by Crippen LogP contribution is -2.34. The number of fused-ring (bicyclic) bond motifs is 3. The molecule has 6 nitrogen and oxygen atoms in total. The van der Waals surface area contributed by atoms with Gasteiger partial charge in [-0.1, -0.05) is 18.2 Å². The van der Waals surface area contributed by atoms with Crippen molar-refractivity contribution in [2.45, 2.75) is 26.1 Å². The minimum atomic E-state index is -0.1000. The number of amides is 2. The van der Waals surface area contributed by atoms with Crippen LogP contribution >= 0.6 is 11.3 Å². The van der Waals surface area contributed by atoms with Gasteiger partial charge >= 0.3 is 6.03 Å². The van der Waals surface area contributed by atoms with Gasteiger partial charge in [0.25, 0.3) is 0 Å². The number of aryl methyl sites for hydroxylation is 1. The molecule has 0 atom stereocenters. The number of aromatic nitrogens is 2. The summed E-state index contributed by atoms with van der Waals surface area (Å²) in [6.07, 6.45) is 0.936. The van der Waals surface area contributed by atoms with E-state index in [9.17, 15) is 4.79 Å². The Bertz CT molecular complexity index is 902. The van der Waals surface area contributed by atoms with Gasteiger partial charge in [0.05, 0.1) is 18.8 Å². The molecule has 0 saturated heterocycles. The Hall–Kier alpha value is -2.38. The van der Waals surface area contributed by atoms with Crippen molar-refractivity contribution in [3.63, 3.8) is 0 Å². The zero-order chi connectivity index (χ0) is 17.2. The molecule has 2 aromatic heterocycles. The molecule has 1 aliphatic rings. The van der Waals surface area contributed by atoms with Crippen molar-refractivity contribution < 1.29 is 9.53 Å². The molecule has 0 aliphatic carbocycles. The Morgan fingerprint density at radius 1 is 1.36 bits per heavy atom. The van der Waals surface area contributed by atoms with Crippen LogP contribution in [-0.2, 0) is 24.4 Å². The van der Waals surface area contributed by atoms with Crippen molar-refractivity contribution in [2.75, 3.05) is 19.0 Å². The van der Waals surface area contributed by atoms with Crippen LogP contribution in [-0.4, -0.2) is 34.1 Å². The number of ether oxygens (including phenoxy) is 1. The molecule has 1 aromatic carbocycles. The molecule has 0 fully saturated rings. The highest BCUT2D eigenvalue weighted by molar-refractivity contribution is 7.13. The standard InChI is InChI=1S/C18H20N4O2S/c1-24-11-14-12-25-17(19-14)20-18(23)21-7-4-8-22-15(10-21)9-13-5-2-3-6-16(13)22/h2-3,5-6,9,12H,4,7-8,10-11H2,1H3,(H,19,20,23). The SMILES string of the molecule is COCc1csc(NC(=O)N2CCCn3c(cc4ccccc43)C2)n1. The molecule has 0 spiro atoms. The Morgan fingerprint density at radius 3 is 3.12 bits per heavy atom. The number of thiazole rings is 1. The highest BCUT2D eigenvalue weighted by Gasteiger charge is 2.21. The minimum absolute atomic E-state index is 0.1000. The molecule has 1 N–H and O–H groups in total. The van der Waals surface area contributed by atoms with Crippen molar-refractivity contribution in [1.29, 1.82) is 0 Å². The molecule has 2 amide bonds. The van der Waals surface area contributed by atoms with Crippen LogP contribution in [0.5, 0.6) is 0 Å². The molecule has 130 valence electrons. The second-order valence-electron chi connectivity index (χ2n) is 6.13. The highest BCUT2D eigenvalue weighted by Crippen LogP contribution is 2.24. The van der Waals surface area contributed by atoms with Crippen LogP contribution in [0.4, 0.5) is 9.93 Å². The molecule has 0 unspecified atom stereocenters. The smallest absolute Gasteiger partial charge is 0.323 e. The van der Waals surface area contributed by atoms with Gasteiger partial charge in [0.2, 0.25) is 0 Å². The second kappa shape index (κ2) is 6.85. The Kier molecular flexibility index (Phi) is 4.42. The van der Waals surface area contributed by atoms with Crippen LogP contribution in [0.2, 0.25) is 0 Å². The molecule has 1 aliphatic heterocycles. The summed E-state index contributed by atoms with van der Waals surface area (Å²) >= 11 is 1.42. The predicted octanol–water partition coefficient (Wildman–Crippen LogP) is 3.68. The van der Waals surface area contributed by atoms with Crippen LogP contribution in [0.1, 0.15) is 17.8 Å². The number of para-hydroxylation sites is 1. The fourth-order valence-corrected chi connectivity index (χ4v) is 3.96. The van der Waals surface area contributed by atoms with E-state index >= 15 is 0 Å². The number of nitrogens with one attached hydrogen (secondary N) is 1. The van der Waals surface area contributed by atoms with Crippen molar-refractivity contribution in [3.8, 4) is 0 Å². The highest BCUT2D eigenvalue weighted by atomic mass is 32.1. The van der Waals surface area contributed by atoms with E-state index < -0.39 is 0 Å². The average Bonchev–Trinajstić information content (AvgIpc) is 3.12. The maximum absolute atomic E-state index is 12.7. The lowest BCUT2D eigenvalue weighted by Gasteiger charge is -2.19.